The fourth-order valence-electron chi connectivity index (χ4n) is 14.3. The number of aryl methyl sites for hydroxylation is 10. The molecule has 1 amide bonds. The molecule has 36 heteroatoms. The van der Waals surface area contributed by atoms with Gasteiger partial charge in [-0.15, -0.1) is 20.4 Å². The van der Waals surface area contributed by atoms with Crippen molar-refractivity contribution in [3.05, 3.63) is 221 Å². The van der Waals surface area contributed by atoms with Gasteiger partial charge in [0.15, 0.2) is 22.8 Å². The number of nitrogens with two attached hydrogens (primary N) is 1. The number of methoxy groups -OCH3 is 2. The summed E-state index contributed by atoms with van der Waals surface area (Å²) in [6.45, 7) is 7.42. The van der Waals surface area contributed by atoms with Crippen molar-refractivity contribution in [2.24, 2.45) is 29.4 Å². The number of fused-ring (bicyclic) bond motifs is 4. The van der Waals surface area contributed by atoms with Gasteiger partial charge in [-0.3, -0.25) is 33.5 Å². The van der Waals surface area contributed by atoms with Crippen molar-refractivity contribution >= 4 is 47.4 Å². The molecule has 0 aliphatic heterocycles. The van der Waals surface area contributed by atoms with Crippen LogP contribution in [0.15, 0.2) is 108 Å². The maximum atomic E-state index is 14.7. The summed E-state index contributed by atoms with van der Waals surface area (Å²) in [5.74, 6) is -0.488. The second kappa shape index (κ2) is 41.3. The summed E-state index contributed by atoms with van der Waals surface area (Å²) in [7, 11) is 2.65. The minimum Gasteiger partial charge on any atom is -0.870 e. The number of carboxylic acids is 1. The number of esters is 2. The topological polar surface area (TPSA) is 427 Å². The largest absolute Gasteiger partial charge is 1.00 e. The van der Waals surface area contributed by atoms with Gasteiger partial charge in [-0.25, -0.2) is 27.6 Å². The van der Waals surface area contributed by atoms with Gasteiger partial charge in [0, 0.05) is 105 Å². The molecule has 0 unspecified atom stereocenters. The molecule has 0 spiro atoms. The van der Waals surface area contributed by atoms with E-state index in [1.54, 1.807) is 45.0 Å². The predicted molar refractivity (Wildman–Crippen MR) is 426 cm³/mol. The zero-order chi connectivity index (χ0) is 82.2. The second-order valence-corrected chi connectivity index (χ2v) is 31.0. The SMILES string of the molecule is COC(=O)c1cn(CCCCc2cc3c(nn2)CC(C2CC2)=C3)nn1.COC(=O)c1cn(CCCCc2cc3c(nn2)CC(C2CC2)=C3F)nn1.Cc1ccc(CN)cn1.Cc1ccc(CNC(=O)c2cn(CCCCc3cc4c(nn3)CC(C3CC3)=C4F)nn2)cn1.O=C(O)c1cn(CCCCc2cc3c(nn2)CC(C2CC2)=C3F)nn1.[Li+].[OH-]. The first kappa shape index (κ1) is 87.6. The van der Waals surface area contributed by atoms with E-state index in [1.165, 1.54) is 49.1 Å². The summed E-state index contributed by atoms with van der Waals surface area (Å²) in [6.07, 6.45) is 34.1. The number of nitrogens with zero attached hydrogens (tertiary/aromatic N) is 22. The Morgan fingerprint density at radius 2 is 0.817 bits per heavy atom. The molecular weight excluding hydrogens is 1540 g/mol. The zero-order valence-electron chi connectivity index (χ0n) is 68.1. The number of carboxylic acid groups (broad SMARTS) is 1. The van der Waals surface area contributed by atoms with Crippen LogP contribution in [0.1, 0.15) is 235 Å². The van der Waals surface area contributed by atoms with Gasteiger partial charge in [0.25, 0.3) is 5.91 Å². The Kier molecular flexibility index (Phi) is 30.2. The van der Waals surface area contributed by atoms with E-state index in [9.17, 15) is 32.3 Å². The molecule has 8 aliphatic rings. The number of hydrogen-bond acceptors (Lipinski definition) is 26. The van der Waals surface area contributed by atoms with Crippen LogP contribution in [0.2, 0.25) is 0 Å². The Morgan fingerprint density at radius 3 is 1.18 bits per heavy atom. The van der Waals surface area contributed by atoms with Crippen LogP contribution in [-0.2, 0) is 100 Å². The standard InChI is InChI=1S/C24H26FN7O.C18H20FN5O2.C18H21N5O2.C17H18FN5O2.C7H10N2.Li.H2O/c1-15-5-6-16(12-26-15)13-27-24(33)22-14-32(31-30-22)9-3-2-4-18-10-20-21(29-28-18)11-19(23(20)25)17-7-8-17;1-26-18(25)16-10-24(23-22-16)7-3-2-4-12-8-14-15(21-20-12)9-13(17(14)19)11-5-6-11;1-25-18(24)17-11-23(22-21-17)7-3-2-4-15-9-14-8-13(12-5-6-12)10-16(14)20-19-15;18-16-12(10-4-5-10)8-14-13(16)7-11(19-20-14)3-1-2-6-23-9-15(17(24)25)21-22-23;1-6-2-3-7(4-8)5-9-6;;/h5-6,10,12,14,17H,2-4,7-9,11,13H2,1H3,(H,27,33);8,10-11H,2-7,9H2,1H3;8-9,11-12H,2-7,10H2,1H3;7,9-10H,1-6,8H2,(H,24,25);2-3,5H,4,8H2,1H3;;1H2/q;;;;;+1;/p-1. The Morgan fingerprint density at radius 1 is 0.458 bits per heavy atom. The van der Waals surface area contributed by atoms with Crippen LogP contribution in [0.4, 0.5) is 13.2 Å². The van der Waals surface area contributed by atoms with E-state index in [4.69, 9.17) is 10.8 Å². The van der Waals surface area contributed by atoms with Crippen LogP contribution < -0.4 is 29.9 Å². The number of aromatic carboxylic acids is 1. The first-order chi connectivity index (χ1) is 57.4. The normalized spacial score (nSPS) is 15.1. The van der Waals surface area contributed by atoms with Crippen LogP contribution in [0.25, 0.3) is 23.6 Å². The van der Waals surface area contributed by atoms with Crippen molar-refractivity contribution in [1.29, 1.82) is 0 Å². The van der Waals surface area contributed by atoms with E-state index < -0.39 is 17.9 Å². The van der Waals surface area contributed by atoms with Crippen molar-refractivity contribution in [2.45, 2.75) is 207 Å². The fourth-order valence-corrected chi connectivity index (χ4v) is 14.3. The van der Waals surface area contributed by atoms with E-state index in [0.29, 0.717) is 99.4 Å². The number of allylic oxidation sites excluding steroid dienone is 4. The third-order valence-corrected chi connectivity index (χ3v) is 21.7. The monoisotopic (exact) mass is 1630 g/mol. The molecule has 4 saturated carbocycles. The first-order valence-electron chi connectivity index (χ1n) is 40.5. The Balaban J connectivity index is 0.000000142. The van der Waals surface area contributed by atoms with Crippen LogP contribution >= 0.6 is 0 Å². The Labute approximate surface area is 702 Å². The second-order valence-electron chi connectivity index (χ2n) is 31.0. The molecule has 0 atom stereocenters. The van der Waals surface area contributed by atoms with Crippen molar-refractivity contribution in [2.75, 3.05) is 14.2 Å². The van der Waals surface area contributed by atoms with Crippen LogP contribution in [0.3, 0.4) is 0 Å². The molecule has 0 radical (unpaired) electrons. The maximum absolute atomic E-state index is 14.7. The maximum Gasteiger partial charge on any atom is 1.00 e. The number of aromatic nitrogens is 22. The molecule has 10 heterocycles. The van der Waals surface area contributed by atoms with Gasteiger partial charge in [0.05, 0.1) is 84.6 Å². The van der Waals surface area contributed by atoms with E-state index in [1.807, 2.05) is 56.3 Å². The molecule has 10 aromatic rings. The zero-order valence-corrected chi connectivity index (χ0v) is 68.1. The smallest absolute Gasteiger partial charge is 0.870 e. The van der Waals surface area contributed by atoms with Crippen molar-refractivity contribution in [1.82, 2.24) is 116 Å². The van der Waals surface area contributed by atoms with E-state index >= 15 is 0 Å². The van der Waals surface area contributed by atoms with Gasteiger partial charge >= 0.3 is 36.8 Å². The van der Waals surface area contributed by atoms with Gasteiger partial charge < -0.3 is 31.1 Å². The molecular formula is C84H96F3LiN24O8. The molecule has 4 fully saturated rings. The summed E-state index contributed by atoms with van der Waals surface area (Å²) in [6, 6.07) is 15.5. The number of halogens is 3. The third kappa shape index (κ3) is 23.7. The van der Waals surface area contributed by atoms with Crippen LogP contribution in [0.5, 0.6) is 0 Å². The number of ether oxygens (including phenoxy) is 2. The molecule has 32 nitrogen and oxygen atoms in total. The number of hydrogen-bond donors (Lipinski definition) is 3. The number of unbranched alkanes of at least 4 members (excludes halogenated alkanes) is 4. The summed E-state index contributed by atoms with van der Waals surface area (Å²) in [4.78, 5) is 54.0. The number of amides is 1. The van der Waals surface area contributed by atoms with Crippen LogP contribution in [-0.4, -0.2) is 159 Å². The van der Waals surface area contributed by atoms with Gasteiger partial charge in [-0.05, 0) is 236 Å². The molecule has 10 aromatic heterocycles. The average Bonchev–Trinajstić information content (AvgIpc) is 1.63. The fraction of sp³-hybridized carbons (Fsp3) is 0.452. The summed E-state index contributed by atoms with van der Waals surface area (Å²) in [5.41, 5.74) is 24.3. The number of carbonyl (C=O) groups is 4. The minimum absolute atomic E-state index is 0. The van der Waals surface area contributed by atoms with E-state index in [0.717, 1.165) is 206 Å². The first-order valence-corrected chi connectivity index (χ1v) is 40.5. The number of rotatable bonds is 31. The Bertz CT molecular complexity index is 5400. The van der Waals surface area contributed by atoms with Gasteiger partial charge in [-0.1, -0.05) is 44.6 Å². The van der Waals surface area contributed by atoms with Crippen LogP contribution in [0, 0.1) is 37.5 Å². The summed E-state index contributed by atoms with van der Waals surface area (Å²) in [5, 5.41) is 76.6. The summed E-state index contributed by atoms with van der Waals surface area (Å²) < 4.78 is 59.3. The van der Waals surface area contributed by atoms with Gasteiger partial charge in [0.2, 0.25) is 0 Å². The molecule has 8 aliphatic carbocycles. The van der Waals surface area contributed by atoms with E-state index in [-0.39, 0.29) is 70.5 Å². The molecule has 18 rings (SSSR count). The number of nitrogens with one attached hydrogen (secondary N) is 1. The predicted octanol–water partition coefficient (Wildman–Crippen LogP) is 8.23. The molecule has 120 heavy (non-hydrogen) atoms. The molecule has 0 saturated heterocycles. The molecule has 622 valence electrons. The average molecular weight is 1630 g/mol. The van der Waals surface area contributed by atoms with Crippen molar-refractivity contribution in [3.63, 3.8) is 0 Å². The van der Waals surface area contributed by atoms with Gasteiger partial charge in [0.1, 0.15) is 17.5 Å². The van der Waals surface area contributed by atoms with Gasteiger partial charge in [-0.2, -0.15) is 40.8 Å². The quantitative estimate of drug-likeness (QED) is 0.0209. The van der Waals surface area contributed by atoms with E-state index in [2.05, 4.69) is 119 Å². The van der Waals surface area contributed by atoms with Crippen molar-refractivity contribution < 1.29 is 71.3 Å². The molecule has 0 bridgehead atoms. The number of pyridine rings is 2. The number of carbonyl (C=O) groups excluding carboxylic acids is 3. The van der Waals surface area contributed by atoms with Crippen molar-refractivity contribution in [3.8, 4) is 0 Å². The minimum atomic E-state index is -1.08. The summed E-state index contributed by atoms with van der Waals surface area (Å²) >= 11 is 0. The third-order valence-electron chi connectivity index (χ3n) is 21.7. The molecule has 0 aromatic carbocycles. The molecule has 5 N–H and O–H groups in total. The Hall–Kier alpha value is -11.7.